The third-order valence-electron chi connectivity index (χ3n) is 6.49. The van der Waals surface area contributed by atoms with Crippen molar-refractivity contribution in [2.45, 2.75) is 51.3 Å². The van der Waals surface area contributed by atoms with E-state index in [2.05, 4.69) is 35.1 Å². The summed E-state index contributed by atoms with van der Waals surface area (Å²) >= 11 is 0. The fourth-order valence-corrected chi connectivity index (χ4v) is 4.36. The lowest BCUT2D eigenvalue weighted by atomic mass is 9.98. The van der Waals surface area contributed by atoms with E-state index in [9.17, 15) is 4.79 Å². The summed E-state index contributed by atoms with van der Waals surface area (Å²) in [5, 5.41) is 0. The summed E-state index contributed by atoms with van der Waals surface area (Å²) in [5.41, 5.74) is 3.45. The number of allylic oxidation sites excluding steroid dienone is 2. The van der Waals surface area contributed by atoms with Gasteiger partial charge < -0.3 is 24.0 Å². The van der Waals surface area contributed by atoms with Crippen molar-refractivity contribution in [3.05, 3.63) is 71.2 Å². The van der Waals surface area contributed by atoms with Gasteiger partial charge in [0, 0.05) is 38.4 Å². The zero-order chi connectivity index (χ0) is 26.8. The molecule has 2 aromatic rings. The topological polar surface area (TPSA) is 77.0 Å². The molecule has 37 heavy (non-hydrogen) atoms. The van der Waals surface area contributed by atoms with Gasteiger partial charge in [-0.05, 0) is 64.5 Å². The maximum atomic E-state index is 13.7. The van der Waals surface area contributed by atoms with Gasteiger partial charge in [-0.15, -0.1) is 0 Å². The van der Waals surface area contributed by atoms with Crippen molar-refractivity contribution in [3.63, 3.8) is 0 Å². The Morgan fingerprint density at radius 1 is 1.05 bits per heavy atom. The van der Waals surface area contributed by atoms with Crippen molar-refractivity contribution in [2.24, 2.45) is 0 Å². The highest BCUT2D eigenvalue weighted by atomic mass is 16.5. The molecule has 0 spiro atoms. The highest BCUT2D eigenvalue weighted by molar-refractivity contribution is 5.92. The summed E-state index contributed by atoms with van der Waals surface area (Å²) < 4.78 is 16.1. The van der Waals surface area contributed by atoms with E-state index in [1.54, 1.807) is 27.4 Å². The van der Waals surface area contributed by atoms with Crippen LogP contribution in [0.3, 0.4) is 0 Å². The first kappa shape index (κ1) is 28.3. The summed E-state index contributed by atoms with van der Waals surface area (Å²) in [7, 11) is 8.87. The van der Waals surface area contributed by atoms with Crippen molar-refractivity contribution >= 4 is 5.91 Å². The molecule has 1 amide bonds. The lowest BCUT2D eigenvalue weighted by Crippen LogP contribution is -2.40. The number of carbonyl (C=O) groups is 1. The Balaban J connectivity index is 1.77. The maximum Gasteiger partial charge on any atom is 0.272 e. The predicted octanol–water partition coefficient (Wildman–Crippen LogP) is 4.31. The van der Waals surface area contributed by atoms with Gasteiger partial charge in [-0.3, -0.25) is 4.79 Å². The molecule has 2 atom stereocenters. The molecule has 1 aliphatic rings. The largest absolute Gasteiger partial charge is 0.491 e. The van der Waals surface area contributed by atoms with E-state index in [-0.39, 0.29) is 18.1 Å². The van der Waals surface area contributed by atoms with Gasteiger partial charge in [0.25, 0.3) is 11.8 Å². The average Bonchev–Trinajstić information content (AvgIpc) is 2.91. The van der Waals surface area contributed by atoms with Crippen LogP contribution in [-0.4, -0.2) is 79.8 Å². The third kappa shape index (κ3) is 8.13. The minimum absolute atomic E-state index is 0.0152. The van der Waals surface area contributed by atoms with Crippen molar-refractivity contribution in [1.29, 1.82) is 0 Å². The smallest absolute Gasteiger partial charge is 0.272 e. The molecule has 0 saturated heterocycles. The molecular formula is C29H40N4O4. The second kappa shape index (κ2) is 13.9. The second-order valence-electron chi connectivity index (χ2n) is 9.55. The molecule has 0 aliphatic heterocycles. The molecule has 2 unspecified atom stereocenters. The second-order valence-corrected chi connectivity index (χ2v) is 9.55. The van der Waals surface area contributed by atoms with Crippen molar-refractivity contribution < 1.29 is 19.0 Å². The van der Waals surface area contributed by atoms with Crippen LogP contribution in [0.5, 0.6) is 11.6 Å². The summed E-state index contributed by atoms with van der Waals surface area (Å²) in [5.74, 6) is 0.953. The SMILES string of the molecule is COc1ccc(CCN(C(=O)c2cccc(CN(C)C)n2)C(C)CCC2=CCC(OC)C=C2)nc1OC. The quantitative estimate of drug-likeness (QED) is 0.399. The Hall–Kier alpha value is -3.23. The highest BCUT2D eigenvalue weighted by Crippen LogP contribution is 2.25. The van der Waals surface area contributed by atoms with Crippen molar-refractivity contribution in [2.75, 3.05) is 42.0 Å². The fourth-order valence-electron chi connectivity index (χ4n) is 4.36. The molecule has 3 rings (SSSR count). The summed E-state index contributed by atoms with van der Waals surface area (Å²) in [6, 6.07) is 9.43. The van der Waals surface area contributed by atoms with Crippen LogP contribution in [0.4, 0.5) is 0 Å². The molecule has 8 nitrogen and oxygen atoms in total. The van der Waals surface area contributed by atoms with Gasteiger partial charge in [-0.2, -0.15) is 0 Å². The highest BCUT2D eigenvalue weighted by Gasteiger charge is 2.24. The van der Waals surface area contributed by atoms with Gasteiger partial charge in [0.2, 0.25) is 0 Å². The maximum absolute atomic E-state index is 13.7. The van der Waals surface area contributed by atoms with Crippen LogP contribution in [0.1, 0.15) is 48.1 Å². The van der Waals surface area contributed by atoms with Gasteiger partial charge >= 0.3 is 0 Å². The number of amides is 1. The first-order chi connectivity index (χ1) is 17.8. The Bertz CT molecular complexity index is 1100. The number of hydrogen-bond donors (Lipinski definition) is 0. The molecular weight excluding hydrogens is 468 g/mol. The van der Waals surface area contributed by atoms with E-state index >= 15 is 0 Å². The monoisotopic (exact) mass is 508 g/mol. The van der Waals surface area contributed by atoms with E-state index in [0.717, 1.165) is 30.7 Å². The Morgan fingerprint density at radius 3 is 2.51 bits per heavy atom. The van der Waals surface area contributed by atoms with E-state index in [1.165, 1.54) is 5.57 Å². The summed E-state index contributed by atoms with van der Waals surface area (Å²) in [6.45, 7) is 3.30. The van der Waals surface area contributed by atoms with Crippen molar-refractivity contribution in [1.82, 2.24) is 19.8 Å². The van der Waals surface area contributed by atoms with Crippen LogP contribution in [0.2, 0.25) is 0 Å². The van der Waals surface area contributed by atoms with Crippen molar-refractivity contribution in [3.8, 4) is 11.6 Å². The number of hydrogen-bond acceptors (Lipinski definition) is 7. The normalized spacial score (nSPS) is 15.9. The van der Waals surface area contributed by atoms with Gasteiger partial charge in [-0.1, -0.05) is 29.9 Å². The summed E-state index contributed by atoms with van der Waals surface area (Å²) in [4.78, 5) is 26.9. The average molecular weight is 509 g/mol. The van der Waals surface area contributed by atoms with Crippen LogP contribution in [-0.2, 0) is 17.7 Å². The molecule has 2 heterocycles. The number of rotatable bonds is 13. The lowest BCUT2D eigenvalue weighted by Gasteiger charge is -2.30. The molecule has 1 aliphatic carbocycles. The van der Waals surface area contributed by atoms with E-state index in [0.29, 0.717) is 36.8 Å². The van der Waals surface area contributed by atoms with E-state index < -0.39 is 0 Å². The molecule has 8 heteroatoms. The van der Waals surface area contributed by atoms with Crippen LogP contribution in [0.15, 0.2) is 54.1 Å². The number of methoxy groups -OCH3 is 3. The number of nitrogens with zero attached hydrogens (tertiary/aromatic N) is 4. The molecule has 0 radical (unpaired) electrons. The van der Waals surface area contributed by atoms with Crippen LogP contribution >= 0.6 is 0 Å². The van der Waals surface area contributed by atoms with Gasteiger partial charge in [0.15, 0.2) is 5.75 Å². The number of carbonyl (C=O) groups excluding carboxylic acids is 1. The van der Waals surface area contributed by atoms with Crippen LogP contribution in [0.25, 0.3) is 0 Å². The molecule has 0 N–H and O–H groups in total. The van der Waals surface area contributed by atoms with Gasteiger partial charge in [0.05, 0.1) is 26.0 Å². The summed E-state index contributed by atoms with van der Waals surface area (Å²) in [6.07, 6.45) is 9.82. The van der Waals surface area contributed by atoms with E-state index in [4.69, 9.17) is 14.2 Å². The molecule has 0 saturated carbocycles. The number of pyridine rings is 2. The predicted molar refractivity (Wildman–Crippen MR) is 145 cm³/mol. The standard InChI is InChI=1S/C29H40N4O4/c1-21(10-11-22-12-15-25(35-4)16-13-22)33(19-18-23-14-17-27(36-5)28(31-23)37-6)29(34)26-9-7-8-24(30-26)20-32(2)3/h7-9,12-15,17,21,25H,10-11,16,18-20H2,1-6H3. The molecule has 0 bridgehead atoms. The molecule has 2 aromatic heterocycles. The zero-order valence-electron chi connectivity index (χ0n) is 22.9. The third-order valence-corrected chi connectivity index (χ3v) is 6.49. The fraction of sp³-hybridized carbons (Fsp3) is 0.483. The number of ether oxygens (including phenoxy) is 3. The Morgan fingerprint density at radius 2 is 1.86 bits per heavy atom. The van der Waals surface area contributed by atoms with Gasteiger partial charge in [-0.25, -0.2) is 9.97 Å². The minimum Gasteiger partial charge on any atom is -0.491 e. The van der Waals surface area contributed by atoms with Crippen LogP contribution in [0, 0.1) is 0 Å². The lowest BCUT2D eigenvalue weighted by molar-refractivity contribution is 0.0679. The number of aromatic nitrogens is 2. The molecule has 0 aromatic carbocycles. The first-order valence-electron chi connectivity index (χ1n) is 12.7. The van der Waals surface area contributed by atoms with Crippen LogP contribution < -0.4 is 9.47 Å². The first-order valence-corrected chi connectivity index (χ1v) is 12.7. The Labute approximate surface area is 220 Å². The Kier molecular flexibility index (Phi) is 10.7. The van der Waals surface area contributed by atoms with E-state index in [1.807, 2.05) is 48.2 Å². The zero-order valence-corrected chi connectivity index (χ0v) is 22.9. The molecule has 200 valence electrons. The minimum atomic E-state index is -0.0683. The molecule has 0 fully saturated rings. The van der Waals surface area contributed by atoms with Gasteiger partial charge in [0.1, 0.15) is 5.69 Å².